The Labute approximate surface area is 198 Å². The number of para-hydroxylation sites is 1. The third-order valence-corrected chi connectivity index (χ3v) is 5.83. The first kappa shape index (κ1) is 26.3. The molecule has 33 heavy (non-hydrogen) atoms. The van der Waals surface area contributed by atoms with E-state index in [1.807, 2.05) is 30.3 Å². The number of carbonyl (C=O) groups excluding carboxylic acids is 1. The first-order valence-corrected chi connectivity index (χ1v) is 12.4. The second-order valence-corrected chi connectivity index (χ2v) is 8.52. The first-order chi connectivity index (χ1) is 16.1. The van der Waals surface area contributed by atoms with E-state index in [0.717, 1.165) is 18.4 Å². The lowest BCUT2D eigenvalue weighted by atomic mass is 9.96. The van der Waals surface area contributed by atoms with Gasteiger partial charge in [0.1, 0.15) is 0 Å². The minimum absolute atomic E-state index is 0.00855. The zero-order valence-corrected chi connectivity index (χ0v) is 19.9. The molecule has 0 aliphatic carbocycles. The van der Waals surface area contributed by atoms with E-state index < -0.39 is 4.92 Å². The van der Waals surface area contributed by atoms with Crippen molar-refractivity contribution in [2.24, 2.45) is 0 Å². The summed E-state index contributed by atoms with van der Waals surface area (Å²) in [6.45, 7) is 2.86. The molecule has 0 bridgehead atoms. The molecule has 5 heteroatoms. The molecule has 0 aliphatic heterocycles. The molecule has 0 aromatic heterocycles. The third kappa shape index (κ3) is 10.0. The van der Waals surface area contributed by atoms with E-state index in [2.05, 4.69) is 12.2 Å². The molecule has 2 aromatic rings. The number of nitro benzene ring substituents is 1. The van der Waals surface area contributed by atoms with Crippen molar-refractivity contribution in [2.75, 3.05) is 6.54 Å². The molecule has 0 unspecified atom stereocenters. The number of carbonyl (C=O) groups is 1. The van der Waals surface area contributed by atoms with Gasteiger partial charge in [0.05, 0.1) is 10.5 Å². The van der Waals surface area contributed by atoms with E-state index >= 15 is 0 Å². The molecule has 2 aromatic carbocycles. The van der Waals surface area contributed by atoms with Gasteiger partial charge in [0.15, 0.2) is 0 Å². The molecule has 0 atom stereocenters. The summed E-state index contributed by atoms with van der Waals surface area (Å²) >= 11 is 0. The molecule has 0 saturated carbocycles. The number of nitrogens with one attached hydrogen (secondary N) is 1. The average molecular weight is 451 g/mol. The molecule has 5 nitrogen and oxygen atoms in total. The van der Waals surface area contributed by atoms with Crippen LogP contribution in [-0.2, 0) is 4.79 Å². The summed E-state index contributed by atoms with van der Waals surface area (Å²) in [6.07, 6.45) is 15.4. The molecular formula is C28H38N2O3. The van der Waals surface area contributed by atoms with Crippen LogP contribution in [0, 0.1) is 10.1 Å². The van der Waals surface area contributed by atoms with E-state index in [4.69, 9.17) is 0 Å². The lowest BCUT2D eigenvalue weighted by molar-refractivity contribution is -0.385. The maximum atomic E-state index is 12.6. The molecule has 178 valence electrons. The largest absolute Gasteiger partial charge is 0.353 e. The number of nitrogens with zero attached hydrogens (tertiary/aromatic N) is 1. The van der Waals surface area contributed by atoms with Crippen molar-refractivity contribution in [1.82, 2.24) is 5.32 Å². The lowest BCUT2D eigenvalue weighted by Crippen LogP contribution is -2.22. The predicted octanol–water partition coefficient (Wildman–Crippen LogP) is 7.45. The number of unbranched alkanes of at least 4 members (excludes halogenated alkanes) is 10. The van der Waals surface area contributed by atoms with E-state index in [9.17, 15) is 14.9 Å². The molecule has 0 spiro atoms. The van der Waals surface area contributed by atoms with Crippen LogP contribution in [0.4, 0.5) is 5.69 Å². The molecule has 0 radical (unpaired) electrons. The number of hydrogen-bond donors (Lipinski definition) is 1. The lowest BCUT2D eigenvalue weighted by Gasteiger charge is -2.10. The fourth-order valence-electron chi connectivity index (χ4n) is 3.98. The summed E-state index contributed by atoms with van der Waals surface area (Å²) in [4.78, 5) is 23.7. The molecule has 2 rings (SSSR count). The maximum Gasteiger partial charge on any atom is 0.277 e. The number of hydrogen-bond acceptors (Lipinski definition) is 3. The van der Waals surface area contributed by atoms with Gasteiger partial charge < -0.3 is 5.32 Å². The molecule has 0 heterocycles. The fourth-order valence-corrected chi connectivity index (χ4v) is 3.98. The van der Waals surface area contributed by atoms with Gasteiger partial charge in [-0.2, -0.15) is 0 Å². The highest BCUT2D eigenvalue weighted by Crippen LogP contribution is 2.30. The Balaban J connectivity index is 1.82. The highest BCUT2D eigenvalue weighted by molar-refractivity contribution is 6.00. The van der Waals surface area contributed by atoms with Gasteiger partial charge in [-0.1, -0.05) is 114 Å². The highest BCUT2D eigenvalue weighted by atomic mass is 16.6. The Morgan fingerprint density at radius 1 is 0.818 bits per heavy atom. The topological polar surface area (TPSA) is 72.2 Å². The summed E-state index contributed by atoms with van der Waals surface area (Å²) in [5, 5.41) is 14.5. The summed E-state index contributed by atoms with van der Waals surface area (Å²) in [5.74, 6) is -0.223. The van der Waals surface area contributed by atoms with Crippen molar-refractivity contribution in [3.8, 4) is 0 Å². The number of amides is 1. The van der Waals surface area contributed by atoms with Crippen LogP contribution in [0.1, 0.15) is 88.7 Å². The third-order valence-electron chi connectivity index (χ3n) is 5.83. The summed E-state index contributed by atoms with van der Waals surface area (Å²) < 4.78 is 0. The van der Waals surface area contributed by atoms with Gasteiger partial charge in [-0.3, -0.25) is 14.9 Å². The van der Waals surface area contributed by atoms with Gasteiger partial charge in [-0.25, -0.2) is 0 Å². The van der Waals surface area contributed by atoms with Crippen LogP contribution >= 0.6 is 0 Å². The SMILES string of the molecule is CCCCCCCCCCCCCNC(=O)C=C(c1ccccc1)c1ccccc1[N+](=O)[O-]. The molecule has 1 N–H and O–H groups in total. The Bertz CT molecular complexity index is 878. The highest BCUT2D eigenvalue weighted by Gasteiger charge is 2.18. The Hall–Kier alpha value is -2.95. The zero-order chi connectivity index (χ0) is 23.7. The number of benzene rings is 2. The second kappa shape index (κ2) is 15.8. The molecule has 1 amide bonds. The van der Waals surface area contributed by atoms with Gasteiger partial charge in [0.25, 0.3) is 5.69 Å². The van der Waals surface area contributed by atoms with Crippen molar-refractivity contribution in [3.63, 3.8) is 0 Å². The van der Waals surface area contributed by atoms with Gasteiger partial charge >= 0.3 is 0 Å². The minimum atomic E-state index is -0.408. The van der Waals surface area contributed by atoms with Crippen molar-refractivity contribution >= 4 is 17.2 Å². The molecule has 0 aliphatic rings. The summed E-state index contributed by atoms with van der Waals surface area (Å²) in [6, 6.07) is 15.9. The normalized spacial score (nSPS) is 11.4. The van der Waals surface area contributed by atoms with E-state index in [1.165, 1.54) is 69.9 Å². The smallest absolute Gasteiger partial charge is 0.277 e. The van der Waals surface area contributed by atoms with Crippen LogP contribution in [0.2, 0.25) is 0 Å². The zero-order valence-electron chi connectivity index (χ0n) is 19.9. The van der Waals surface area contributed by atoms with Crippen LogP contribution in [0.3, 0.4) is 0 Å². The Morgan fingerprint density at radius 3 is 1.97 bits per heavy atom. The van der Waals surface area contributed by atoms with E-state index in [0.29, 0.717) is 17.7 Å². The van der Waals surface area contributed by atoms with E-state index in [-0.39, 0.29) is 11.6 Å². The van der Waals surface area contributed by atoms with E-state index in [1.54, 1.807) is 18.2 Å². The van der Waals surface area contributed by atoms with Crippen LogP contribution in [0.25, 0.3) is 5.57 Å². The monoisotopic (exact) mass is 450 g/mol. The van der Waals surface area contributed by atoms with Gasteiger partial charge in [0, 0.05) is 24.3 Å². The van der Waals surface area contributed by atoms with Crippen LogP contribution in [-0.4, -0.2) is 17.4 Å². The maximum absolute atomic E-state index is 12.6. The van der Waals surface area contributed by atoms with Crippen LogP contribution in [0.15, 0.2) is 60.7 Å². The average Bonchev–Trinajstić information content (AvgIpc) is 2.83. The summed E-state index contributed by atoms with van der Waals surface area (Å²) in [7, 11) is 0. The van der Waals surface area contributed by atoms with Crippen LogP contribution in [0.5, 0.6) is 0 Å². The second-order valence-electron chi connectivity index (χ2n) is 8.52. The first-order valence-electron chi connectivity index (χ1n) is 12.4. The molecule has 0 fully saturated rings. The number of nitro groups is 1. The fraction of sp³-hybridized carbons (Fsp3) is 0.464. The summed E-state index contributed by atoms with van der Waals surface area (Å²) in [5.41, 5.74) is 1.76. The minimum Gasteiger partial charge on any atom is -0.353 e. The van der Waals surface area contributed by atoms with Gasteiger partial charge in [0.2, 0.25) is 5.91 Å². The van der Waals surface area contributed by atoms with Crippen LogP contribution < -0.4 is 5.32 Å². The van der Waals surface area contributed by atoms with Crippen molar-refractivity contribution in [2.45, 2.75) is 77.6 Å². The van der Waals surface area contributed by atoms with Crippen molar-refractivity contribution < 1.29 is 9.72 Å². The molecular weight excluding hydrogens is 412 g/mol. The van der Waals surface area contributed by atoms with Crippen molar-refractivity contribution in [3.05, 3.63) is 81.9 Å². The number of rotatable bonds is 16. The Morgan fingerprint density at radius 2 is 1.36 bits per heavy atom. The quantitative estimate of drug-likeness (QED) is 0.125. The van der Waals surface area contributed by atoms with Gasteiger partial charge in [-0.15, -0.1) is 0 Å². The standard InChI is InChI=1S/C28H38N2O3/c1-2-3-4-5-6-7-8-9-10-11-17-22-29-28(31)23-26(24-18-13-12-14-19-24)25-20-15-16-21-27(25)30(32)33/h12-16,18-21,23H,2-11,17,22H2,1H3,(H,29,31). The van der Waals surface area contributed by atoms with Gasteiger partial charge in [-0.05, 0) is 18.1 Å². The predicted molar refractivity (Wildman–Crippen MR) is 136 cm³/mol. The molecule has 0 saturated heterocycles. The van der Waals surface area contributed by atoms with Crippen molar-refractivity contribution in [1.29, 1.82) is 0 Å². The Kier molecular flexibility index (Phi) is 12.6.